The molecule has 2 aromatic rings. The summed E-state index contributed by atoms with van der Waals surface area (Å²) < 4.78 is 0. The summed E-state index contributed by atoms with van der Waals surface area (Å²) in [5.41, 5.74) is 3.99. The maximum Gasteiger partial charge on any atom is 0.242 e. The first-order chi connectivity index (χ1) is 9.09. The van der Waals surface area contributed by atoms with Crippen LogP contribution < -0.4 is 5.32 Å². The quantitative estimate of drug-likeness (QED) is 0.836. The van der Waals surface area contributed by atoms with E-state index in [0.29, 0.717) is 0 Å². The third-order valence-corrected chi connectivity index (χ3v) is 4.00. The zero-order valence-corrected chi connectivity index (χ0v) is 12.6. The first-order valence-corrected chi connectivity index (χ1v) is 7.07. The fourth-order valence-electron chi connectivity index (χ4n) is 1.97. The first kappa shape index (κ1) is 13.8. The van der Waals surface area contributed by atoms with Crippen LogP contribution in [0.3, 0.4) is 0 Å². The van der Waals surface area contributed by atoms with Gasteiger partial charge < -0.3 is 5.32 Å². The molecular weight excluding hydrogens is 302 g/mol. The van der Waals surface area contributed by atoms with Gasteiger partial charge in [0.05, 0.1) is 0 Å². The largest absolute Gasteiger partial charge is 0.324 e. The van der Waals surface area contributed by atoms with Gasteiger partial charge in [0.2, 0.25) is 5.91 Å². The van der Waals surface area contributed by atoms with Gasteiger partial charge in [0.1, 0.15) is 4.83 Å². The Morgan fingerprint density at radius 3 is 2.16 bits per heavy atom. The molecule has 3 heteroatoms. The number of carbonyl (C=O) groups is 1. The second-order valence-electron chi connectivity index (χ2n) is 4.53. The van der Waals surface area contributed by atoms with E-state index < -0.39 is 0 Å². The van der Waals surface area contributed by atoms with E-state index in [9.17, 15) is 4.79 Å². The lowest BCUT2D eigenvalue weighted by Crippen LogP contribution is -2.18. The molecule has 98 valence electrons. The molecule has 0 heterocycles. The van der Waals surface area contributed by atoms with Crippen molar-refractivity contribution in [3.05, 3.63) is 65.2 Å². The molecule has 0 bridgehead atoms. The van der Waals surface area contributed by atoms with E-state index in [1.807, 2.05) is 62.4 Å². The van der Waals surface area contributed by atoms with E-state index in [1.54, 1.807) is 0 Å². The predicted octanol–water partition coefficient (Wildman–Crippen LogP) is 4.38. The highest BCUT2D eigenvalue weighted by Gasteiger charge is 2.18. The summed E-state index contributed by atoms with van der Waals surface area (Å²) in [6.45, 7) is 3.99. The molecule has 0 saturated heterocycles. The fourth-order valence-corrected chi connectivity index (χ4v) is 2.39. The molecule has 1 atom stereocenters. The van der Waals surface area contributed by atoms with E-state index in [0.717, 1.165) is 22.4 Å². The number of aryl methyl sites for hydroxylation is 2. The van der Waals surface area contributed by atoms with Gasteiger partial charge in [0.15, 0.2) is 0 Å². The van der Waals surface area contributed by atoms with Crippen LogP contribution in [0.15, 0.2) is 48.5 Å². The molecule has 0 unspecified atom stereocenters. The molecule has 0 radical (unpaired) electrons. The number of hydrogen-bond donors (Lipinski definition) is 1. The summed E-state index contributed by atoms with van der Waals surface area (Å²) in [5.74, 6) is -0.0522. The monoisotopic (exact) mass is 317 g/mol. The molecule has 0 saturated carbocycles. The summed E-state index contributed by atoms with van der Waals surface area (Å²) in [7, 11) is 0. The van der Waals surface area contributed by atoms with Crippen LogP contribution in [0.4, 0.5) is 5.69 Å². The smallest absolute Gasteiger partial charge is 0.242 e. The lowest BCUT2D eigenvalue weighted by molar-refractivity contribution is -0.115. The van der Waals surface area contributed by atoms with Crippen LogP contribution in [0.2, 0.25) is 0 Å². The summed E-state index contributed by atoms with van der Waals surface area (Å²) in [6, 6.07) is 15.6. The standard InChI is InChI=1S/C16H16BrNO/c1-11-7-6-8-12(2)15(11)18-16(19)14(17)13-9-4-3-5-10-13/h3-10,14H,1-2H3,(H,18,19)/t14-/m1/s1. The molecule has 2 aromatic carbocycles. The molecule has 0 spiro atoms. The number of benzene rings is 2. The normalized spacial score (nSPS) is 11.9. The number of hydrogen-bond acceptors (Lipinski definition) is 1. The molecule has 1 amide bonds. The van der Waals surface area contributed by atoms with Crippen molar-refractivity contribution in [3.63, 3.8) is 0 Å². The molecule has 0 aromatic heterocycles. The molecular formula is C16H16BrNO. The highest BCUT2D eigenvalue weighted by Crippen LogP contribution is 2.26. The van der Waals surface area contributed by atoms with Crippen molar-refractivity contribution in [1.29, 1.82) is 0 Å². The van der Waals surface area contributed by atoms with Crippen molar-refractivity contribution in [3.8, 4) is 0 Å². The van der Waals surface area contributed by atoms with E-state index >= 15 is 0 Å². The minimum Gasteiger partial charge on any atom is -0.324 e. The number of carbonyl (C=O) groups excluding carboxylic acids is 1. The summed E-state index contributed by atoms with van der Waals surface area (Å²) in [6.07, 6.45) is 0. The Kier molecular flexibility index (Phi) is 4.38. The Morgan fingerprint density at radius 1 is 1.00 bits per heavy atom. The van der Waals surface area contributed by atoms with Crippen LogP contribution in [0.1, 0.15) is 21.5 Å². The average Bonchev–Trinajstić information content (AvgIpc) is 2.43. The van der Waals surface area contributed by atoms with Crippen molar-refractivity contribution in [2.45, 2.75) is 18.7 Å². The number of halogens is 1. The molecule has 0 fully saturated rings. The van der Waals surface area contributed by atoms with Crippen molar-refractivity contribution < 1.29 is 4.79 Å². The third-order valence-electron chi connectivity index (χ3n) is 3.05. The number of alkyl halides is 1. The van der Waals surface area contributed by atoms with Gasteiger partial charge in [-0.2, -0.15) is 0 Å². The number of amides is 1. The molecule has 0 aliphatic carbocycles. The van der Waals surface area contributed by atoms with E-state index in [-0.39, 0.29) is 10.7 Å². The Hall–Kier alpha value is -1.61. The number of anilines is 1. The minimum atomic E-state index is -0.340. The van der Waals surface area contributed by atoms with Crippen LogP contribution in [-0.4, -0.2) is 5.91 Å². The van der Waals surface area contributed by atoms with Gasteiger partial charge in [-0.15, -0.1) is 0 Å². The Morgan fingerprint density at radius 2 is 1.58 bits per heavy atom. The minimum absolute atomic E-state index is 0.0522. The molecule has 2 nitrogen and oxygen atoms in total. The lowest BCUT2D eigenvalue weighted by Gasteiger charge is -2.14. The van der Waals surface area contributed by atoms with Gasteiger partial charge in [-0.3, -0.25) is 4.79 Å². The maximum absolute atomic E-state index is 12.3. The van der Waals surface area contributed by atoms with Gasteiger partial charge >= 0.3 is 0 Å². The fraction of sp³-hybridized carbons (Fsp3) is 0.188. The van der Waals surface area contributed by atoms with Crippen LogP contribution in [0.5, 0.6) is 0 Å². The van der Waals surface area contributed by atoms with E-state index in [1.165, 1.54) is 0 Å². The van der Waals surface area contributed by atoms with Crippen molar-refractivity contribution in [2.75, 3.05) is 5.32 Å². The molecule has 0 aliphatic heterocycles. The SMILES string of the molecule is Cc1cccc(C)c1NC(=O)[C@H](Br)c1ccccc1. The summed E-state index contributed by atoms with van der Waals surface area (Å²) in [4.78, 5) is 11.9. The highest BCUT2D eigenvalue weighted by molar-refractivity contribution is 9.09. The second-order valence-corrected chi connectivity index (χ2v) is 5.44. The molecule has 19 heavy (non-hydrogen) atoms. The second kappa shape index (κ2) is 6.02. The Balaban J connectivity index is 2.18. The average molecular weight is 318 g/mol. The van der Waals surface area contributed by atoms with E-state index in [4.69, 9.17) is 0 Å². The van der Waals surface area contributed by atoms with Gasteiger partial charge in [-0.1, -0.05) is 64.5 Å². The first-order valence-electron chi connectivity index (χ1n) is 6.15. The number of para-hydroxylation sites is 1. The molecule has 0 aliphatic rings. The number of nitrogens with one attached hydrogen (secondary N) is 1. The zero-order chi connectivity index (χ0) is 13.8. The van der Waals surface area contributed by atoms with Crippen molar-refractivity contribution >= 4 is 27.5 Å². The lowest BCUT2D eigenvalue weighted by atomic mass is 10.1. The molecule has 2 rings (SSSR count). The highest BCUT2D eigenvalue weighted by atomic mass is 79.9. The Labute approximate surface area is 122 Å². The molecule has 1 N–H and O–H groups in total. The summed E-state index contributed by atoms with van der Waals surface area (Å²) in [5, 5.41) is 2.99. The van der Waals surface area contributed by atoms with Gasteiger partial charge in [0.25, 0.3) is 0 Å². The topological polar surface area (TPSA) is 29.1 Å². The van der Waals surface area contributed by atoms with Crippen LogP contribution in [0, 0.1) is 13.8 Å². The van der Waals surface area contributed by atoms with E-state index in [2.05, 4.69) is 21.2 Å². The van der Waals surface area contributed by atoms with Gasteiger partial charge in [0, 0.05) is 5.69 Å². The third kappa shape index (κ3) is 3.24. The number of rotatable bonds is 3. The van der Waals surface area contributed by atoms with Crippen LogP contribution in [-0.2, 0) is 4.79 Å². The summed E-state index contributed by atoms with van der Waals surface area (Å²) >= 11 is 3.45. The van der Waals surface area contributed by atoms with Crippen molar-refractivity contribution in [1.82, 2.24) is 0 Å². The van der Waals surface area contributed by atoms with Crippen LogP contribution in [0.25, 0.3) is 0 Å². The van der Waals surface area contributed by atoms with Gasteiger partial charge in [-0.05, 0) is 30.5 Å². The van der Waals surface area contributed by atoms with Crippen molar-refractivity contribution in [2.24, 2.45) is 0 Å². The zero-order valence-electron chi connectivity index (χ0n) is 11.0. The van der Waals surface area contributed by atoms with Gasteiger partial charge in [-0.25, -0.2) is 0 Å². The maximum atomic E-state index is 12.3. The predicted molar refractivity (Wildman–Crippen MR) is 82.7 cm³/mol. The Bertz CT molecular complexity index is 560. The van der Waals surface area contributed by atoms with Crippen LogP contribution >= 0.6 is 15.9 Å².